The first-order valence-electron chi connectivity index (χ1n) is 15.9. The minimum Gasteiger partial charge on any atom is -0.414 e. The molecule has 10 heteroatoms. The molecule has 1 aliphatic rings. The number of nitrogens with two attached hydrogens (primary N) is 2. The van der Waals surface area contributed by atoms with Gasteiger partial charge in [-0.15, -0.1) is 0 Å². The van der Waals surface area contributed by atoms with Gasteiger partial charge < -0.3 is 15.9 Å². The monoisotopic (exact) mass is 634 g/mol. The first kappa shape index (κ1) is 31.4. The smallest absolute Gasteiger partial charge is 0.268 e. The fourth-order valence-corrected chi connectivity index (χ4v) is 7.73. The SMILES string of the molecule is CC(C)(C)[Si](C)(C)OC1CCC(c2cc(-c3ccc(-c4ccn(-c5ccccc5)c(=O)c4C(N)=O)cc3)c3c(N)ncnn23)CC1. The van der Waals surface area contributed by atoms with Gasteiger partial charge in [0.05, 0.1) is 0 Å². The number of hydrogen-bond acceptors (Lipinski definition) is 6. The van der Waals surface area contributed by atoms with E-state index in [9.17, 15) is 9.59 Å². The van der Waals surface area contributed by atoms with Gasteiger partial charge in [-0.2, -0.15) is 5.10 Å². The predicted molar refractivity (Wildman–Crippen MR) is 186 cm³/mol. The van der Waals surface area contributed by atoms with E-state index in [2.05, 4.69) is 50.0 Å². The van der Waals surface area contributed by atoms with Crippen LogP contribution < -0.4 is 17.0 Å². The lowest BCUT2D eigenvalue weighted by atomic mass is 9.85. The van der Waals surface area contributed by atoms with Crippen LogP contribution in [0.15, 0.2) is 84.0 Å². The number of aromatic nitrogens is 4. The summed E-state index contributed by atoms with van der Waals surface area (Å²) in [5.41, 5.74) is 17.3. The van der Waals surface area contributed by atoms with E-state index >= 15 is 0 Å². The highest BCUT2D eigenvalue weighted by molar-refractivity contribution is 6.74. The molecule has 3 heterocycles. The number of para-hydroxylation sites is 1. The Bertz CT molecular complexity index is 1950. The molecule has 0 bridgehead atoms. The molecular weight excluding hydrogens is 593 g/mol. The molecule has 3 aromatic heterocycles. The van der Waals surface area contributed by atoms with Gasteiger partial charge in [-0.25, -0.2) is 9.50 Å². The molecule has 0 aliphatic heterocycles. The molecule has 1 aliphatic carbocycles. The van der Waals surface area contributed by atoms with Crippen LogP contribution in [0.25, 0.3) is 33.5 Å². The number of nitrogens with zero attached hydrogens (tertiary/aromatic N) is 4. The first-order chi connectivity index (χ1) is 21.9. The molecule has 238 valence electrons. The second kappa shape index (κ2) is 12.0. The molecule has 1 saturated carbocycles. The van der Waals surface area contributed by atoms with Gasteiger partial charge in [0.25, 0.3) is 11.5 Å². The van der Waals surface area contributed by atoms with Gasteiger partial charge in [-0.3, -0.25) is 14.2 Å². The number of anilines is 1. The number of nitrogen functional groups attached to an aromatic ring is 1. The summed E-state index contributed by atoms with van der Waals surface area (Å²) in [6.45, 7) is 11.5. The van der Waals surface area contributed by atoms with E-state index in [1.54, 1.807) is 24.4 Å². The van der Waals surface area contributed by atoms with Gasteiger partial charge in [0.15, 0.2) is 14.1 Å². The molecule has 0 spiro atoms. The van der Waals surface area contributed by atoms with Crippen molar-refractivity contribution in [2.75, 3.05) is 5.73 Å². The average molecular weight is 635 g/mol. The van der Waals surface area contributed by atoms with Crippen molar-refractivity contribution in [2.24, 2.45) is 5.73 Å². The van der Waals surface area contributed by atoms with Crippen molar-refractivity contribution in [3.8, 4) is 27.9 Å². The van der Waals surface area contributed by atoms with E-state index in [0.29, 0.717) is 28.6 Å². The van der Waals surface area contributed by atoms with E-state index in [-0.39, 0.29) is 16.7 Å². The van der Waals surface area contributed by atoms with E-state index in [1.807, 2.05) is 47.0 Å². The molecule has 0 radical (unpaired) electrons. The van der Waals surface area contributed by atoms with E-state index in [1.165, 1.54) is 10.9 Å². The first-order valence-corrected chi connectivity index (χ1v) is 18.8. The minimum atomic E-state index is -1.83. The molecule has 46 heavy (non-hydrogen) atoms. The predicted octanol–water partition coefficient (Wildman–Crippen LogP) is 6.94. The van der Waals surface area contributed by atoms with Gasteiger partial charge in [-0.1, -0.05) is 63.2 Å². The summed E-state index contributed by atoms with van der Waals surface area (Å²) < 4.78 is 10.1. The third-order valence-electron chi connectivity index (χ3n) is 9.85. The number of primary amides is 1. The van der Waals surface area contributed by atoms with E-state index in [0.717, 1.165) is 48.0 Å². The summed E-state index contributed by atoms with van der Waals surface area (Å²) in [5.74, 6) is -0.0362. The van der Waals surface area contributed by atoms with Crippen molar-refractivity contribution in [1.29, 1.82) is 0 Å². The van der Waals surface area contributed by atoms with Crippen LogP contribution in [0.5, 0.6) is 0 Å². The standard InChI is InChI=1S/C36H42N6O3Si/c1-36(2,3)46(4,5)45-27-17-15-25(16-18-27)30-21-29(32-33(37)39-22-40-42(30)32)24-13-11-23(12-14-24)28-19-20-41(26-9-7-6-8-10-26)35(44)31(28)34(38)43/h6-14,19-22,25,27H,15-18H2,1-5H3,(H2,38,43)(H2,37,39,40). The van der Waals surface area contributed by atoms with Crippen molar-refractivity contribution < 1.29 is 9.22 Å². The fourth-order valence-electron chi connectivity index (χ4n) is 6.31. The largest absolute Gasteiger partial charge is 0.414 e. The normalized spacial score (nSPS) is 17.3. The number of rotatable bonds is 7. The summed E-state index contributed by atoms with van der Waals surface area (Å²) in [6.07, 6.45) is 7.52. The molecule has 5 aromatic rings. The maximum Gasteiger partial charge on any atom is 0.268 e. The number of fused-ring (bicyclic) bond motifs is 1. The van der Waals surface area contributed by atoms with Crippen LogP contribution in [0.3, 0.4) is 0 Å². The number of carbonyl (C=O) groups excluding carboxylic acids is 1. The highest BCUT2D eigenvalue weighted by Crippen LogP contribution is 2.43. The Morgan fingerprint density at radius 3 is 2.17 bits per heavy atom. The molecule has 4 N–H and O–H groups in total. The van der Waals surface area contributed by atoms with Gasteiger partial charge >= 0.3 is 0 Å². The van der Waals surface area contributed by atoms with Crippen molar-refractivity contribution in [3.63, 3.8) is 0 Å². The van der Waals surface area contributed by atoms with Crippen molar-refractivity contribution in [1.82, 2.24) is 19.2 Å². The van der Waals surface area contributed by atoms with Crippen LogP contribution in [0.1, 0.15) is 68.4 Å². The zero-order valence-corrected chi connectivity index (χ0v) is 28.2. The summed E-state index contributed by atoms with van der Waals surface area (Å²) in [7, 11) is -1.83. The lowest BCUT2D eigenvalue weighted by Crippen LogP contribution is -2.44. The lowest BCUT2D eigenvalue weighted by molar-refractivity contribution is 0.0999. The molecular formula is C36H42N6O3Si. The Labute approximate surface area is 270 Å². The Morgan fingerprint density at radius 1 is 0.935 bits per heavy atom. The van der Waals surface area contributed by atoms with Gasteiger partial charge in [-0.05, 0) is 79.2 Å². The zero-order chi connectivity index (χ0) is 32.8. The Balaban J connectivity index is 1.31. The van der Waals surface area contributed by atoms with Gasteiger partial charge in [0, 0.05) is 40.7 Å². The summed E-state index contributed by atoms with van der Waals surface area (Å²) >= 11 is 0. The number of pyridine rings is 1. The molecule has 2 aromatic carbocycles. The summed E-state index contributed by atoms with van der Waals surface area (Å²) in [5, 5.41) is 4.81. The molecule has 1 amide bonds. The Hall–Kier alpha value is -4.54. The molecule has 0 unspecified atom stereocenters. The molecule has 6 rings (SSSR count). The molecule has 1 fully saturated rings. The number of benzene rings is 2. The van der Waals surface area contributed by atoms with E-state index < -0.39 is 19.8 Å². The highest BCUT2D eigenvalue weighted by atomic mass is 28.4. The number of amides is 1. The quantitative estimate of drug-likeness (QED) is 0.187. The fraction of sp³-hybridized carbons (Fsp3) is 0.333. The molecule has 9 nitrogen and oxygen atoms in total. The van der Waals surface area contributed by atoms with Crippen LogP contribution in [0.2, 0.25) is 18.1 Å². The van der Waals surface area contributed by atoms with Crippen LogP contribution in [0.4, 0.5) is 5.82 Å². The van der Waals surface area contributed by atoms with Crippen LogP contribution >= 0.6 is 0 Å². The second-order valence-electron chi connectivity index (χ2n) is 13.8. The molecule has 0 atom stereocenters. The summed E-state index contributed by atoms with van der Waals surface area (Å²) in [4.78, 5) is 30.2. The van der Waals surface area contributed by atoms with Crippen LogP contribution in [-0.4, -0.2) is 39.5 Å². The lowest BCUT2D eigenvalue weighted by Gasteiger charge is -2.41. The van der Waals surface area contributed by atoms with Crippen molar-refractivity contribution in [3.05, 3.63) is 101 Å². The third kappa shape index (κ3) is 5.78. The Morgan fingerprint density at radius 2 is 1.57 bits per heavy atom. The van der Waals surface area contributed by atoms with E-state index in [4.69, 9.17) is 15.9 Å². The Kier molecular flexibility index (Phi) is 8.20. The van der Waals surface area contributed by atoms with Crippen molar-refractivity contribution >= 4 is 25.6 Å². The second-order valence-corrected chi connectivity index (χ2v) is 18.6. The molecule has 0 saturated heterocycles. The highest BCUT2D eigenvalue weighted by Gasteiger charge is 2.40. The van der Waals surface area contributed by atoms with Crippen LogP contribution in [0, 0.1) is 0 Å². The van der Waals surface area contributed by atoms with Crippen LogP contribution in [-0.2, 0) is 4.43 Å². The number of hydrogen-bond donors (Lipinski definition) is 2. The van der Waals surface area contributed by atoms with Gasteiger partial charge in [0.1, 0.15) is 17.4 Å². The maximum atomic E-state index is 13.4. The number of carbonyl (C=O) groups is 1. The summed E-state index contributed by atoms with van der Waals surface area (Å²) in [6, 6.07) is 20.8. The topological polar surface area (TPSA) is 131 Å². The minimum absolute atomic E-state index is 0.0542. The zero-order valence-electron chi connectivity index (χ0n) is 27.2. The van der Waals surface area contributed by atoms with Crippen molar-refractivity contribution in [2.45, 2.75) is 76.6 Å². The maximum absolute atomic E-state index is 13.4. The van der Waals surface area contributed by atoms with Gasteiger partial charge in [0.2, 0.25) is 0 Å². The average Bonchev–Trinajstić information content (AvgIpc) is 3.42. The third-order valence-corrected chi connectivity index (χ3v) is 14.4.